The van der Waals surface area contributed by atoms with Gasteiger partial charge in [0.15, 0.2) is 0 Å². The summed E-state index contributed by atoms with van der Waals surface area (Å²) >= 11 is 5.90. The minimum atomic E-state index is -0.944. The van der Waals surface area contributed by atoms with Crippen LogP contribution in [-0.4, -0.2) is 11.1 Å². The van der Waals surface area contributed by atoms with Gasteiger partial charge in [-0.05, 0) is 42.0 Å². The zero-order valence-electron chi connectivity index (χ0n) is 14.0. The van der Waals surface area contributed by atoms with Gasteiger partial charge in [0.2, 0.25) is 0 Å². The van der Waals surface area contributed by atoms with Crippen molar-refractivity contribution in [1.82, 2.24) is 0 Å². The minimum absolute atomic E-state index is 0.252. The Hall–Kier alpha value is -2.98. The number of carbonyl (C=O) groups is 1. The van der Waals surface area contributed by atoms with Crippen molar-refractivity contribution in [3.63, 3.8) is 0 Å². The maximum Gasteiger partial charge on any atom is 0.335 e. The fourth-order valence-corrected chi connectivity index (χ4v) is 2.62. The molecule has 3 rings (SSSR count). The van der Waals surface area contributed by atoms with E-state index in [0.29, 0.717) is 18.2 Å². The van der Waals surface area contributed by atoms with E-state index in [4.69, 9.17) is 21.4 Å². The molecule has 0 saturated carbocycles. The smallest absolute Gasteiger partial charge is 0.335 e. The Balaban J connectivity index is 1.66. The third-order valence-corrected chi connectivity index (χ3v) is 4.12. The summed E-state index contributed by atoms with van der Waals surface area (Å²) in [6.07, 6.45) is 0. The second-order valence-corrected chi connectivity index (χ2v) is 6.20. The zero-order valence-corrected chi connectivity index (χ0v) is 14.7. The van der Waals surface area contributed by atoms with Crippen LogP contribution in [0, 0.1) is 0 Å². The first-order valence-electron chi connectivity index (χ1n) is 8.14. The van der Waals surface area contributed by atoms with Crippen molar-refractivity contribution < 1.29 is 14.6 Å². The van der Waals surface area contributed by atoms with Crippen molar-refractivity contribution in [1.29, 1.82) is 0 Å². The number of hydrogen-bond acceptors (Lipinski definition) is 3. The van der Waals surface area contributed by atoms with E-state index in [9.17, 15) is 4.79 Å². The summed E-state index contributed by atoms with van der Waals surface area (Å²) in [4.78, 5) is 11.1. The van der Waals surface area contributed by atoms with E-state index in [0.717, 1.165) is 22.6 Å². The highest BCUT2D eigenvalue weighted by Crippen LogP contribution is 2.22. The van der Waals surface area contributed by atoms with Gasteiger partial charge in [0.25, 0.3) is 0 Å². The van der Waals surface area contributed by atoms with Crippen LogP contribution in [0.2, 0.25) is 5.02 Å². The molecule has 0 unspecified atom stereocenters. The number of carboxylic acids is 1. The van der Waals surface area contributed by atoms with Gasteiger partial charge in [0, 0.05) is 22.8 Å². The topological polar surface area (TPSA) is 58.6 Å². The monoisotopic (exact) mass is 367 g/mol. The molecule has 0 fully saturated rings. The molecule has 26 heavy (non-hydrogen) atoms. The summed E-state index contributed by atoms with van der Waals surface area (Å²) in [5.74, 6) is -0.162. The number of halogens is 1. The lowest BCUT2D eigenvalue weighted by atomic mass is 10.1. The van der Waals surface area contributed by atoms with Crippen LogP contribution in [0.1, 0.15) is 21.5 Å². The summed E-state index contributed by atoms with van der Waals surface area (Å²) in [5.41, 5.74) is 3.02. The number of hydrogen-bond donors (Lipinski definition) is 2. The maximum atomic E-state index is 11.1. The number of carboxylic acid groups (broad SMARTS) is 1. The lowest BCUT2D eigenvalue weighted by Crippen LogP contribution is -2.04. The van der Waals surface area contributed by atoms with Gasteiger partial charge in [-0.15, -0.1) is 0 Å². The number of rotatable bonds is 7. The average Bonchev–Trinajstić information content (AvgIpc) is 2.67. The van der Waals surface area contributed by atoms with E-state index in [2.05, 4.69) is 5.32 Å². The van der Waals surface area contributed by atoms with Crippen LogP contribution in [0.3, 0.4) is 0 Å². The number of anilines is 1. The molecule has 4 nitrogen and oxygen atoms in total. The Bertz CT molecular complexity index is 894. The Morgan fingerprint density at radius 2 is 1.77 bits per heavy atom. The quantitative estimate of drug-likeness (QED) is 0.600. The van der Waals surface area contributed by atoms with Crippen LogP contribution < -0.4 is 10.1 Å². The Labute approximate surface area is 157 Å². The molecule has 0 saturated heterocycles. The van der Waals surface area contributed by atoms with Crippen molar-refractivity contribution in [2.24, 2.45) is 0 Å². The van der Waals surface area contributed by atoms with Gasteiger partial charge < -0.3 is 15.2 Å². The predicted molar refractivity (Wildman–Crippen MR) is 103 cm³/mol. The van der Waals surface area contributed by atoms with E-state index in [1.807, 2.05) is 54.6 Å². The molecule has 132 valence electrons. The maximum absolute atomic E-state index is 11.1. The average molecular weight is 368 g/mol. The summed E-state index contributed by atoms with van der Waals surface area (Å²) in [7, 11) is 0. The van der Waals surface area contributed by atoms with Crippen LogP contribution in [0.15, 0.2) is 72.8 Å². The molecule has 0 spiro atoms. The van der Waals surface area contributed by atoms with Crippen molar-refractivity contribution in [2.75, 3.05) is 5.32 Å². The van der Waals surface area contributed by atoms with Gasteiger partial charge in [-0.1, -0.05) is 48.0 Å². The third kappa shape index (κ3) is 4.77. The van der Waals surface area contributed by atoms with E-state index in [1.54, 1.807) is 18.2 Å². The number of para-hydroxylation sites is 1. The zero-order chi connectivity index (χ0) is 18.4. The highest BCUT2D eigenvalue weighted by atomic mass is 35.5. The summed E-state index contributed by atoms with van der Waals surface area (Å²) in [6.45, 7) is 0.975. The molecule has 0 heterocycles. The molecular weight excluding hydrogens is 350 g/mol. The highest BCUT2D eigenvalue weighted by Gasteiger charge is 2.06. The van der Waals surface area contributed by atoms with Gasteiger partial charge in [-0.25, -0.2) is 4.79 Å². The minimum Gasteiger partial charge on any atom is -0.489 e. The number of ether oxygens (including phenoxy) is 1. The molecule has 0 aliphatic carbocycles. The SMILES string of the molecule is O=C(O)c1cccc(NCc2ccccc2OCc2ccc(Cl)cc2)c1. The van der Waals surface area contributed by atoms with Gasteiger partial charge in [-0.3, -0.25) is 0 Å². The number of aromatic carboxylic acids is 1. The Morgan fingerprint density at radius 1 is 1.00 bits per heavy atom. The van der Waals surface area contributed by atoms with E-state index in [-0.39, 0.29) is 5.56 Å². The van der Waals surface area contributed by atoms with Crippen LogP contribution in [-0.2, 0) is 13.2 Å². The van der Waals surface area contributed by atoms with E-state index < -0.39 is 5.97 Å². The molecule has 3 aromatic rings. The first kappa shape index (κ1) is 17.8. The van der Waals surface area contributed by atoms with Crippen LogP contribution in [0.5, 0.6) is 5.75 Å². The summed E-state index contributed by atoms with van der Waals surface area (Å²) < 4.78 is 5.94. The Kier molecular flexibility index (Phi) is 5.77. The molecular formula is C21H18ClNO3. The molecule has 0 atom stereocenters. The van der Waals surface area contributed by atoms with Crippen LogP contribution >= 0.6 is 11.6 Å². The molecule has 5 heteroatoms. The molecule has 3 aromatic carbocycles. The van der Waals surface area contributed by atoms with E-state index in [1.165, 1.54) is 0 Å². The van der Waals surface area contributed by atoms with Crippen LogP contribution in [0.25, 0.3) is 0 Å². The molecule has 0 aliphatic heterocycles. The molecule has 0 bridgehead atoms. The largest absolute Gasteiger partial charge is 0.489 e. The predicted octanol–water partition coefficient (Wildman–Crippen LogP) is 5.23. The summed E-state index contributed by atoms with van der Waals surface area (Å²) in [6, 6.07) is 22.0. The van der Waals surface area contributed by atoms with Crippen molar-refractivity contribution in [3.8, 4) is 5.75 Å². The van der Waals surface area contributed by atoms with Crippen molar-refractivity contribution in [2.45, 2.75) is 13.2 Å². The molecule has 0 amide bonds. The van der Waals surface area contributed by atoms with Gasteiger partial charge in [0.05, 0.1) is 5.56 Å². The van der Waals surface area contributed by atoms with Crippen molar-refractivity contribution in [3.05, 3.63) is 94.5 Å². The number of nitrogens with one attached hydrogen (secondary N) is 1. The lowest BCUT2D eigenvalue weighted by molar-refractivity contribution is 0.0697. The fraction of sp³-hybridized carbons (Fsp3) is 0.0952. The Morgan fingerprint density at radius 3 is 2.54 bits per heavy atom. The van der Waals surface area contributed by atoms with Crippen LogP contribution in [0.4, 0.5) is 5.69 Å². The molecule has 0 aliphatic rings. The van der Waals surface area contributed by atoms with Crippen molar-refractivity contribution >= 4 is 23.3 Å². The second-order valence-electron chi connectivity index (χ2n) is 5.76. The van der Waals surface area contributed by atoms with Gasteiger partial charge in [-0.2, -0.15) is 0 Å². The first-order valence-corrected chi connectivity index (χ1v) is 8.52. The standard InChI is InChI=1S/C21H18ClNO3/c22-18-10-8-15(9-11-18)14-26-20-7-2-1-4-17(20)13-23-19-6-3-5-16(12-19)21(24)25/h1-12,23H,13-14H2,(H,24,25). The normalized spacial score (nSPS) is 10.3. The third-order valence-electron chi connectivity index (χ3n) is 3.87. The molecule has 0 aromatic heterocycles. The van der Waals surface area contributed by atoms with Gasteiger partial charge >= 0.3 is 5.97 Å². The summed E-state index contributed by atoms with van der Waals surface area (Å²) in [5, 5.41) is 13.0. The van der Waals surface area contributed by atoms with Gasteiger partial charge in [0.1, 0.15) is 12.4 Å². The second kappa shape index (κ2) is 8.41. The molecule has 0 radical (unpaired) electrons. The highest BCUT2D eigenvalue weighted by molar-refractivity contribution is 6.30. The number of benzene rings is 3. The lowest BCUT2D eigenvalue weighted by Gasteiger charge is -2.13. The molecule has 2 N–H and O–H groups in total. The fourth-order valence-electron chi connectivity index (χ4n) is 2.49. The van der Waals surface area contributed by atoms with E-state index >= 15 is 0 Å². The first-order chi connectivity index (χ1) is 12.6.